The van der Waals surface area contributed by atoms with Gasteiger partial charge >= 0.3 is 6.18 Å². The Bertz CT molecular complexity index is 925. The monoisotopic (exact) mass is 367 g/mol. The van der Waals surface area contributed by atoms with E-state index < -0.39 is 12.0 Å². The van der Waals surface area contributed by atoms with Crippen LogP contribution >= 0.6 is 0 Å². The van der Waals surface area contributed by atoms with Crippen molar-refractivity contribution >= 4 is 11.5 Å². The molecule has 6 nitrogen and oxygen atoms in total. The molecule has 1 aliphatic rings. The van der Waals surface area contributed by atoms with Crippen LogP contribution in [0, 0.1) is 5.82 Å². The topological polar surface area (TPSA) is 55.6 Å². The van der Waals surface area contributed by atoms with Crippen molar-refractivity contribution in [3.8, 4) is 0 Å². The number of alkyl halides is 3. The van der Waals surface area contributed by atoms with Crippen LogP contribution in [0.25, 0.3) is 5.65 Å². The van der Waals surface area contributed by atoms with E-state index in [1.165, 1.54) is 18.2 Å². The highest BCUT2D eigenvalue weighted by Gasteiger charge is 2.38. The van der Waals surface area contributed by atoms with Crippen LogP contribution in [0.3, 0.4) is 0 Å². The Balaban J connectivity index is 1.63. The van der Waals surface area contributed by atoms with Crippen molar-refractivity contribution in [3.63, 3.8) is 0 Å². The van der Waals surface area contributed by atoms with Crippen LogP contribution in [-0.4, -0.2) is 39.5 Å². The zero-order valence-corrected chi connectivity index (χ0v) is 13.3. The number of fused-ring (bicyclic) bond motifs is 1. The summed E-state index contributed by atoms with van der Waals surface area (Å²) in [5.41, 5.74) is 0.807. The van der Waals surface area contributed by atoms with Crippen molar-refractivity contribution in [2.45, 2.75) is 12.3 Å². The Morgan fingerprint density at radius 3 is 2.54 bits per heavy atom. The summed E-state index contributed by atoms with van der Waals surface area (Å²) < 4.78 is 58.5. The Kier molecular flexibility index (Phi) is 3.98. The molecule has 3 aromatic rings. The molecule has 1 unspecified atom stereocenters. The van der Waals surface area contributed by atoms with Crippen LogP contribution in [-0.2, 0) is 10.9 Å². The molecule has 0 N–H and O–H groups in total. The molecule has 0 radical (unpaired) electrons. The molecule has 0 spiro atoms. The predicted molar refractivity (Wildman–Crippen MR) is 83.1 cm³/mol. The van der Waals surface area contributed by atoms with Crippen molar-refractivity contribution < 1.29 is 22.3 Å². The highest BCUT2D eigenvalue weighted by molar-refractivity contribution is 5.46. The van der Waals surface area contributed by atoms with Gasteiger partial charge in [0.05, 0.1) is 6.61 Å². The SMILES string of the molecule is Fc1ccc(C2CN(c3ccc4nnc(C(F)(F)F)n4n3)CCO2)cc1. The second-order valence-corrected chi connectivity index (χ2v) is 5.84. The standard InChI is InChI=1S/C16H13F4N5O/c17-11-3-1-10(2-4-11)12-9-24(7-8-26-12)14-6-5-13-21-22-15(16(18,19)20)25(13)23-14/h1-6,12H,7-9H2. The second kappa shape index (κ2) is 6.20. The maximum atomic E-state index is 13.1. The van der Waals surface area contributed by atoms with E-state index in [1.54, 1.807) is 18.2 Å². The maximum Gasteiger partial charge on any atom is 0.453 e. The average Bonchev–Trinajstić information content (AvgIpc) is 3.06. The van der Waals surface area contributed by atoms with Crippen molar-refractivity contribution in [1.29, 1.82) is 0 Å². The number of nitrogens with zero attached hydrogens (tertiary/aromatic N) is 5. The molecule has 1 atom stereocenters. The normalized spacial score (nSPS) is 18.5. The molecule has 0 aliphatic carbocycles. The van der Waals surface area contributed by atoms with E-state index in [0.29, 0.717) is 30.0 Å². The van der Waals surface area contributed by atoms with Crippen molar-refractivity contribution in [1.82, 2.24) is 19.8 Å². The molecule has 26 heavy (non-hydrogen) atoms. The van der Waals surface area contributed by atoms with Gasteiger partial charge in [-0.05, 0) is 29.8 Å². The number of ether oxygens (including phenoxy) is 1. The largest absolute Gasteiger partial charge is 0.453 e. The molecule has 4 rings (SSSR count). The first-order chi connectivity index (χ1) is 12.4. The van der Waals surface area contributed by atoms with Crippen LogP contribution in [0.2, 0.25) is 0 Å². The lowest BCUT2D eigenvalue weighted by molar-refractivity contribution is -0.146. The predicted octanol–water partition coefficient (Wildman–Crippen LogP) is 2.86. The third kappa shape index (κ3) is 3.07. The Hall–Kier alpha value is -2.75. The van der Waals surface area contributed by atoms with Gasteiger partial charge in [0.2, 0.25) is 0 Å². The van der Waals surface area contributed by atoms with Crippen LogP contribution < -0.4 is 4.90 Å². The van der Waals surface area contributed by atoms with Crippen molar-refractivity contribution in [2.24, 2.45) is 0 Å². The summed E-state index contributed by atoms with van der Waals surface area (Å²) in [6, 6.07) is 8.97. The molecule has 136 valence electrons. The summed E-state index contributed by atoms with van der Waals surface area (Å²) in [4.78, 5) is 1.82. The Morgan fingerprint density at radius 2 is 1.81 bits per heavy atom. The van der Waals surface area contributed by atoms with Crippen LogP contribution in [0.1, 0.15) is 17.5 Å². The lowest BCUT2D eigenvalue weighted by Gasteiger charge is -2.33. The third-order valence-electron chi connectivity index (χ3n) is 4.13. The van der Waals surface area contributed by atoms with Gasteiger partial charge in [-0.15, -0.1) is 15.3 Å². The van der Waals surface area contributed by atoms with E-state index in [-0.39, 0.29) is 17.6 Å². The first-order valence-corrected chi connectivity index (χ1v) is 7.83. The fourth-order valence-electron chi connectivity index (χ4n) is 2.86. The highest BCUT2D eigenvalue weighted by atomic mass is 19.4. The third-order valence-corrected chi connectivity index (χ3v) is 4.13. The minimum Gasteiger partial charge on any atom is -0.370 e. The van der Waals surface area contributed by atoms with Crippen molar-refractivity contribution in [3.05, 3.63) is 53.6 Å². The quantitative estimate of drug-likeness (QED) is 0.652. The second-order valence-electron chi connectivity index (χ2n) is 5.84. The number of anilines is 1. The van der Waals surface area contributed by atoms with E-state index in [9.17, 15) is 17.6 Å². The van der Waals surface area contributed by atoms with E-state index in [4.69, 9.17) is 4.74 Å². The molecule has 1 fully saturated rings. The van der Waals surface area contributed by atoms with E-state index >= 15 is 0 Å². The first-order valence-electron chi connectivity index (χ1n) is 7.83. The molecule has 0 saturated carbocycles. The highest BCUT2D eigenvalue weighted by Crippen LogP contribution is 2.29. The van der Waals surface area contributed by atoms with Gasteiger partial charge in [-0.25, -0.2) is 4.39 Å². The molecule has 1 aliphatic heterocycles. The number of rotatable bonds is 2. The van der Waals surface area contributed by atoms with E-state index in [2.05, 4.69) is 15.3 Å². The number of morpholine rings is 1. The van der Waals surface area contributed by atoms with Gasteiger partial charge < -0.3 is 9.64 Å². The van der Waals surface area contributed by atoms with E-state index in [1.807, 2.05) is 4.90 Å². The number of benzene rings is 1. The summed E-state index contributed by atoms with van der Waals surface area (Å²) in [5.74, 6) is -1.16. The fourth-order valence-corrected chi connectivity index (χ4v) is 2.86. The zero-order chi connectivity index (χ0) is 18.3. The van der Waals surface area contributed by atoms with Crippen LogP contribution in [0.15, 0.2) is 36.4 Å². The molecule has 0 amide bonds. The van der Waals surface area contributed by atoms with Gasteiger partial charge in [0.1, 0.15) is 17.7 Å². The molecular formula is C16H13F4N5O. The molecule has 10 heteroatoms. The smallest absolute Gasteiger partial charge is 0.370 e. The minimum absolute atomic E-state index is 0.0180. The van der Waals surface area contributed by atoms with E-state index in [0.717, 1.165) is 5.56 Å². The van der Waals surface area contributed by atoms with Gasteiger partial charge in [0, 0.05) is 13.1 Å². The van der Waals surface area contributed by atoms with Crippen molar-refractivity contribution in [2.75, 3.05) is 24.6 Å². The van der Waals surface area contributed by atoms with Gasteiger partial charge in [-0.1, -0.05) is 12.1 Å². The summed E-state index contributed by atoms with van der Waals surface area (Å²) in [7, 11) is 0. The minimum atomic E-state index is -4.65. The molecule has 1 saturated heterocycles. The van der Waals surface area contributed by atoms with Gasteiger partial charge in [0.15, 0.2) is 5.65 Å². The van der Waals surface area contributed by atoms with Gasteiger partial charge in [0.25, 0.3) is 5.82 Å². The number of halogens is 4. The lowest BCUT2D eigenvalue weighted by Crippen LogP contribution is -2.39. The Labute approximate surface area is 145 Å². The molecule has 1 aromatic carbocycles. The summed E-state index contributed by atoms with van der Waals surface area (Å²) >= 11 is 0. The summed E-state index contributed by atoms with van der Waals surface area (Å²) in [6.45, 7) is 1.23. The average molecular weight is 367 g/mol. The number of hydrogen-bond acceptors (Lipinski definition) is 5. The lowest BCUT2D eigenvalue weighted by atomic mass is 10.1. The van der Waals surface area contributed by atoms with Gasteiger partial charge in [-0.2, -0.15) is 17.7 Å². The Morgan fingerprint density at radius 1 is 1.04 bits per heavy atom. The molecule has 3 heterocycles. The molecule has 2 aromatic heterocycles. The summed E-state index contributed by atoms with van der Waals surface area (Å²) in [6.07, 6.45) is -4.97. The molecule has 0 bridgehead atoms. The number of aromatic nitrogens is 4. The van der Waals surface area contributed by atoms with Gasteiger partial charge in [-0.3, -0.25) is 0 Å². The summed E-state index contributed by atoms with van der Waals surface area (Å²) in [5, 5.41) is 10.7. The molecular weight excluding hydrogens is 354 g/mol. The zero-order valence-electron chi connectivity index (χ0n) is 13.3. The maximum absolute atomic E-state index is 13.1. The fraction of sp³-hybridized carbons (Fsp3) is 0.312. The number of hydrogen-bond donors (Lipinski definition) is 0. The first kappa shape index (κ1) is 16.7. The van der Waals surface area contributed by atoms with Crippen LogP contribution in [0.5, 0.6) is 0 Å². The van der Waals surface area contributed by atoms with Crippen LogP contribution in [0.4, 0.5) is 23.4 Å².